The number of hydrogen-bond acceptors (Lipinski definition) is 5. The van der Waals surface area contributed by atoms with Crippen molar-refractivity contribution in [3.05, 3.63) is 59.4 Å². The lowest BCUT2D eigenvalue weighted by Gasteiger charge is -2.15. The Morgan fingerprint density at radius 1 is 1.14 bits per heavy atom. The van der Waals surface area contributed by atoms with E-state index in [4.69, 9.17) is 14.2 Å². The molecule has 2 aromatic rings. The number of benzene rings is 1. The largest absolute Gasteiger partial charge is 0.487 e. The molecule has 1 fully saturated rings. The third kappa shape index (κ3) is 5.78. The van der Waals surface area contributed by atoms with Gasteiger partial charge in [-0.1, -0.05) is 38.1 Å². The number of nitrogens with one attached hydrogen (secondary N) is 1. The van der Waals surface area contributed by atoms with E-state index in [-0.39, 0.29) is 18.2 Å². The Kier molecular flexibility index (Phi) is 7.01. The predicted octanol–water partition coefficient (Wildman–Crippen LogP) is 3.38. The number of nitrogens with zero attached hydrogens (tertiary/aromatic N) is 1. The van der Waals surface area contributed by atoms with Crippen LogP contribution in [0, 0.1) is 0 Å². The number of aromatic nitrogens is 1. The van der Waals surface area contributed by atoms with E-state index in [9.17, 15) is 4.79 Å². The molecule has 1 aromatic heterocycles. The summed E-state index contributed by atoms with van der Waals surface area (Å²) in [6.07, 6.45) is 1.69. The maximum absolute atomic E-state index is 12.3. The smallest absolute Gasteiger partial charge is 0.224 e. The van der Waals surface area contributed by atoms with Gasteiger partial charge in [0.2, 0.25) is 5.91 Å². The topological polar surface area (TPSA) is 69.7 Å². The first-order chi connectivity index (χ1) is 13.5. The third-order valence-corrected chi connectivity index (χ3v) is 4.67. The molecule has 1 aliphatic heterocycles. The fourth-order valence-electron chi connectivity index (χ4n) is 2.97. The average molecular weight is 384 g/mol. The second-order valence-corrected chi connectivity index (χ2v) is 7.26. The molecule has 150 valence electrons. The molecule has 6 nitrogen and oxygen atoms in total. The van der Waals surface area contributed by atoms with Crippen LogP contribution in [-0.4, -0.2) is 37.0 Å². The molecule has 0 aliphatic carbocycles. The summed E-state index contributed by atoms with van der Waals surface area (Å²) in [6.45, 7) is 7.77. The molecular weight excluding hydrogens is 356 g/mol. The number of carbonyl (C=O) groups excluding carboxylic acids is 1. The molecule has 0 bridgehead atoms. The van der Waals surface area contributed by atoms with Crippen LogP contribution in [0.5, 0.6) is 5.75 Å². The van der Waals surface area contributed by atoms with Gasteiger partial charge in [0.25, 0.3) is 0 Å². The second-order valence-electron chi connectivity index (χ2n) is 7.26. The molecule has 1 amide bonds. The van der Waals surface area contributed by atoms with Crippen LogP contribution in [0.1, 0.15) is 49.6 Å². The van der Waals surface area contributed by atoms with Crippen molar-refractivity contribution in [1.82, 2.24) is 10.3 Å². The number of ether oxygens (including phenoxy) is 3. The molecule has 6 heteroatoms. The van der Waals surface area contributed by atoms with Gasteiger partial charge in [0.1, 0.15) is 12.4 Å². The molecule has 0 radical (unpaired) electrons. The fourth-order valence-corrected chi connectivity index (χ4v) is 2.97. The highest BCUT2D eigenvalue weighted by molar-refractivity contribution is 5.78. The maximum atomic E-state index is 12.3. The van der Waals surface area contributed by atoms with Gasteiger partial charge in [0.05, 0.1) is 37.6 Å². The monoisotopic (exact) mass is 384 g/mol. The Morgan fingerprint density at radius 2 is 1.86 bits per heavy atom. The minimum Gasteiger partial charge on any atom is -0.487 e. The Balaban J connectivity index is 1.47. The molecular formula is C22H28N2O4. The SMILES string of the molecule is CC(C)c1ccc(CC(=O)N[C@H](C)c2ccc(OCC3OCCO3)cn2)cc1. The lowest BCUT2D eigenvalue weighted by Crippen LogP contribution is -2.28. The van der Waals surface area contributed by atoms with Crippen molar-refractivity contribution in [2.75, 3.05) is 19.8 Å². The number of rotatable bonds is 8. The highest BCUT2D eigenvalue weighted by atomic mass is 16.7. The van der Waals surface area contributed by atoms with E-state index in [1.807, 2.05) is 31.2 Å². The van der Waals surface area contributed by atoms with Crippen LogP contribution in [0.2, 0.25) is 0 Å². The van der Waals surface area contributed by atoms with Crippen molar-refractivity contribution in [3.63, 3.8) is 0 Å². The Morgan fingerprint density at radius 3 is 2.46 bits per heavy atom. The first-order valence-electron chi connectivity index (χ1n) is 9.71. The van der Waals surface area contributed by atoms with Gasteiger partial charge in [-0.2, -0.15) is 0 Å². The number of carbonyl (C=O) groups is 1. The van der Waals surface area contributed by atoms with Gasteiger partial charge in [-0.15, -0.1) is 0 Å². The zero-order chi connectivity index (χ0) is 19.9. The number of hydrogen-bond donors (Lipinski definition) is 1. The van der Waals surface area contributed by atoms with Crippen LogP contribution in [0.3, 0.4) is 0 Å². The molecule has 0 spiro atoms. The van der Waals surface area contributed by atoms with E-state index in [2.05, 4.69) is 36.3 Å². The Bertz CT molecular complexity index is 753. The predicted molar refractivity (Wildman–Crippen MR) is 106 cm³/mol. The summed E-state index contributed by atoms with van der Waals surface area (Å²) in [5.41, 5.74) is 3.06. The van der Waals surface area contributed by atoms with Gasteiger partial charge >= 0.3 is 0 Å². The summed E-state index contributed by atoms with van der Waals surface area (Å²) in [5, 5.41) is 3.00. The summed E-state index contributed by atoms with van der Waals surface area (Å²) in [4.78, 5) is 16.7. The Labute approximate surface area is 166 Å². The van der Waals surface area contributed by atoms with Gasteiger partial charge in [0, 0.05) is 0 Å². The van der Waals surface area contributed by atoms with Crippen LogP contribution in [0.15, 0.2) is 42.6 Å². The van der Waals surface area contributed by atoms with E-state index >= 15 is 0 Å². The standard InChI is InChI=1S/C22H28N2O4/c1-15(2)18-6-4-17(5-7-18)12-21(25)24-16(3)20-9-8-19(13-23-20)28-14-22-26-10-11-27-22/h4-9,13,15-16,22H,10-12,14H2,1-3H3,(H,24,25)/t16-/m1/s1. The molecule has 3 rings (SSSR count). The minimum absolute atomic E-state index is 0.0255. The maximum Gasteiger partial charge on any atom is 0.224 e. The molecule has 28 heavy (non-hydrogen) atoms. The molecule has 0 unspecified atom stereocenters. The van der Waals surface area contributed by atoms with Crippen molar-refractivity contribution in [1.29, 1.82) is 0 Å². The van der Waals surface area contributed by atoms with E-state index in [1.165, 1.54) is 5.56 Å². The summed E-state index contributed by atoms with van der Waals surface area (Å²) >= 11 is 0. The van der Waals surface area contributed by atoms with E-state index in [0.29, 0.717) is 37.9 Å². The fraction of sp³-hybridized carbons (Fsp3) is 0.455. The summed E-state index contributed by atoms with van der Waals surface area (Å²) in [6, 6.07) is 11.7. The van der Waals surface area contributed by atoms with E-state index in [0.717, 1.165) is 11.3 Å². The van der Waals surface area contributed by atoms with Crippen molar-refractivity contribution in [2.45, 2.75) is 45.4 Å². The van der Waals surface area contributed by atoms with Crippen molar-refractivity contribution < 1.29 is 19.0 Å². The first kappa shape index (κ1) is 20.3. The zero-order valence-electron chi connectivity index (χ0n) is 16.7. The van der Waals surface area contributed by atoms with Gasteiger partial charge < -0.3 is 19.5 Å². The van der Waals surface area contributed by atoms with Crippen molar-refractivity contribution in [3.8, 4) is 5.75 Å². The van der Waals surface area contributed by atoms with Crippen LogP contribution >= 0.6 is 0 Å². The zero-order valence-corrected chi connectivity index (χ0v) is 16.7. The number of pyridine rings is 1. The molecule has 1 aliphatic rings. The molecule has 2 heterocycles. The summed E-state index contributed by atoms with van der Waals surface area (Å²) in [5.74, 6) is 1.10. The highest BCUT2D eigenvalue weighted by Gasteiger charge is 2.17. The average Bonchev–Trinajstić information content (AvgIpc) is 3.20. The molecule has 1 saturated heterocycles. The lowest BCUT2D eigenvalue weighted by molar-refractivity contribution is -0.121. The van der Waals surface area contributed by atoms with Crippen molar-refractivity contribution >= 4 is 5.91 Å². The molecule has 0 saturated carbocycles. The lowest BCUT2D eigenvalue weighted by atomic mass is 10.0. The van der Waals surface area contributed by atoms with E-state index in [1.54, 1.807) is 6.20 Å². The summed E-state index contributed by atoms with van der Waals surface area (Å²) < 4.78 is 16.3. The quantitative estimate of drug-likeness (QED) is 0.756. The van der Waals surface area contributed by atoms with Crippen LogP contribution < -0.4 is 10.1 Å². The molecule has 1 aromatic carbocycles. The second kappa shape index (κ2) is 9.66. The van der Waals surface area contributed by atoms with Crippen molar-refractivity contribution in [2.24, 2.45) is 0 Å². The highest BCUT2D eigenvalue weighted by Crippen LogP contribution is 2.17. The third-order valence-electron chi connectivity index (χ3n) is 4.67. The van der Waals surface area contributed by atoms with Gasteiger partial charge in [-0.05, 0) is 36.1 Å². The molecule has 1 atom stereocenters. The van der Waals surface area contributed by atoms with Crippen LogP contribution in [-0.2, 0) is 20.7 Å². The normalized spacial score (nSPS) is 15.6. The first-order valence-corrected chi connectivity index (χ1v) is 9.71. The summed E-state index contributed by atoms with van der Waals surface area (Å²) in [7, 11) is 0. The molecule has 1 N–H and O–H groups in total. The minimum atomic E-state index is -0.313. The Hall–Kier alpha value is -2.44. The van der Waals surface area contributed by atoms with Crippen LogP contribution in [0.4, 0.5) is 0 Å². The van der Waals surface area contributed by atoms with Gasteiger partial charge in [0.15, 0.2) is 6.29 Å². The van der Waals surface area contributed by atoms with Crippen LogP contribution in [0.25, 0.3) is 0 Å². The van der Waals surface area contributed by atoms with Gasteiger partial charge in [-0.3, -0.25) is 9.78 Å². The van der Waals surface area contributed by atoms with Gasteiger partial charge in [-0.25, -0.2) is 0 Å². The van der Waals surface area contributed by atoms with E-state index < -0.39 is 0 Å². The number of amides is 1.